The van der Waals surface area contributed by atoms with Gasteiger partial charge in [-0.1, -0.05) is 42.8 Å². The number of fused-ring (bicyclic) bond motifs is 1. The van der Waals surface area contributed by atoms with E-state index in [2.05, 4.69) is 41.5 Å². The number of ether oxygens (including phenoxy) is 1. The maximum absolute atomic E-state index is 12.8. The van der Waals surface area contributed by atoms with E-state index in [1.807, 2.05) is 30.0 Å². The number of nitrogens with one attached hydrogen (secondary N) is 1. The van der Waals surface area contributed by atoms with Gasteiger partial charge in [-0.25, -0.2) is 4.98 Å². The van der Waals surface area contributed by atoms with Crippen molar-refractivity contribution in [3.63, 3.8) is 0 Å². The quantitative estimate of drug-likeness (QED) is 0.568. The fourth-order valence-corrected chi connectivity index (χ4v) is 4.47. The molecule has 1 saturated carbocycles. The fourth-order valence-electron chi connectivity index (χ4n) is 4.47. The van der Waals surface area contributed by atoms with Gasteiger partial charge >= 0.3 is 0 Å². The standard InChI is InChI=1S/C27H29N3O4/c1-3-25(31)30-12-11-18-7-10-21(14-22(18)26(30)19-6-4-5-17(2)13-19)33-16-24-29-23(15-34-24)27(32)28-20-8-9-20/h4-7,10,13-15,20,26H,3,8-9,11-12,16H2,1-2H3,(H,28,32). The Labute approximate surface area is 199 Å². The molecular formula is C27H29N3O4. The first-order valence-electron chi connectivity index (χ1n) is 11.9. The zero-order chi connectivity index (χ0) is 23.7. The molecule has 7 heteroatoms. The third-order valence-corrected chi connectivity index (χ3v) is 6.39. The number of aromatic nitrogens is 1. The van der Waals surface area contributed by atoms with Gasteiger partial charge in [0, 0.05) is 19.0 Å². The molecule has 1 fully saturated rings. The summed E-state index contributed by atoms with van der Waals surface area (Å²) >= 11 is 0. The van der Waals surface area contributed by atoms with Crippen LogP contribution in [0, 0.1) is 6.92 Å². The third kappa shape index (κ3) is 4.69. The molecule has 1 aliphatic heterocycles. The number of hydrogen-bond donors (Lipinski definition) is 1. The second-order valence-corrected chi connectivity index (χ2v) is 9.03. The van der Waals surface area contributed by atoms with Crippen LogP contribution >= 0.6 is 0 Å². The molecule has 5 rings (SSSR count). The molecule has 0 saturated heterocycles. The van der Waals surface area contributed by atoms with Crippen LogP contribution in [0.15, 0.2) is 53.1 Å². The molecule has 2 aromatic carbocycles. The van der Waals surface area contributed by atoms with E-state index in [0.717, 1.165) is 36.0 Å². The Morgan fingerprint density at radius 1 is 1.21 bits per heavy atom. The minimum Gasteiger partial charge on any atom is -0.484 e. The molecule has 1 atom stereocenters. The number of oxazole rings is 1. The summed E-state index contributed by atoms with van der Waals surface area (Å²) in [5.74, 6) is 0.939. The van der Waals surface area contributed by atoms with Crippen LogP contribution in [0.2, 0.25) is 0 Å². The summed E-state index contributed by atoms with van der Waals surface area (Å²) in [5, 5.41) is 2.90. The van der Waals surface area contributed by atoms with E-state index < -0.39 is 0 Å². The van der Waals surface area contributed by atoms with Gasteiger partial charge in [-0.05, 0) is 55.0 Å². The molecule has 0 radical (unpaired) electrons. The van der Waals surface area contributed by atoms with Gasteiger partial charge in [0.1, 0.15) is 12.0 Å². The van der Waals surface area contributed by atoms with Crippen LogP contribution in [0.1, 0.15) is 70.9 Å². The Morgan fingerprint density at radius 2 is 2.06 bits per heavy atom. The summed E-state index contributed by atoms with van der Waals surface area (Å²) in [6.07, 6.45) is 4.67. The molecule has 0 bridgehead atoms. The van der Waals surface area contributed by atoms with Crippen molar-refractivity contribution >= 4 is 11.8 Å². The third-order valence-electron chi connectivity index (χ3n) is 6.39. The minimum absolute atomic E-state index is 0.113. The van der Waals surface area contributed by atoms with Crippen molar-refractivity contribution < 1.29 is 18.7 Å². The molecule has 1 aromatic heterocycles. The zero-order valence-corrected chi connectivity index (χ0v) is 19.5. The highest BCUT2D eigenvalue weighted by Gasteiger charge is 2.32. The Kier molecular flexibility index (Phi) is 6.09. The smallest absolute Gasteiger partial charge is 0.273 e. The van der Waals surface area contributed by atoms with Crippen molar-refractivity contribution in [3.05, 3.63) is 82.6 Å². The first-order valence-corrected chi connectivity index (χ1v) is 11.9. The lowest BCUT2D eigenvalue weighted by Crippen LogP contribution is -2.40. The molecule has 3 aromatic rings. The molecule has 1 aliphatic carbocycles. The van der Waals surface area contributed by atoms with Crippen molar-refractivity contribution in [2.45, 2.75) is 58.2 Å². The monoisotopic (exact) mass is 459 g/mol. The van der Waals surface area contributed by atoms with E-state index in [-0.39, 0.29) is 36.2 Å². The second-order valence-electron chi connectivity index (χ2n) is 9.03. The van der Waals surface area contributed by atoms with Crippen molar-refractivity contribution in [1.82, 2.24) is 15.2 Å². The summed E-state index contributed by atoms with van der Waals surface area (Å²) in [5.41, 5.74) is 4.82. The van der Waals surface area contributed by atoms with E-state index in [4.69, 9.17) is 9.15 Å². The summed E-state index contributed by atoms with van der Waals surface area (Å²) in [6.45, 7) is 4.78. The molecule has 2 amide bonds. The molecule has 1 N–H and O–H groups in total. The summed E-state index contributed by atoms with van der Waals surface area (Å²) in [6, 6.07) is 14.5. The van der Waals surface area contributed by atoms with Crippen LogP contribution in [0.4, 0.5) is 0 Å². The van der Waals surface area contributed by atoms with Gasteiger partial charge in [0.2, 0.25) is 11.8 Å². The zero-order valence-electron chi connectivity index (χ0n) is 19.5. The van der Waals surface area contributed by atoms with E-state index >= 15 is 0 Å². The maximum Gasteiger partial charge on any atom is 0.273 e. The molecule has 2 aliphatic rings. The number of benzene rings is 2. The molecule has 1 unspecified atom stereocenters. The van der Waals surface area contributed by atoms with Crippen LogP contribution in [0.5, 0.6) is 5.75 Å². The molecule has 34 heavy (non-hydrogen) atoms. The number of rotatable bonds is 7. The van der Waals surface area contributed by atoms with Crippen molar-refractivity contribution in [2.24, 2.45) is 0 Å². The second kappa shape index (κ2) is 9.33. The van der Waals surface area contributed by atoms with Gasteiger partial charge in [-0.2, -0.15) is 0 Å². The first kappa shape index (κ1) is 22.2. The SMILES string of the molecule is CCC(=O)N1CCc2ccc(OCc3nc(C(=O)NC4CC4)co3)cc2C1c1cccc(C)c1. The summed E-state index contributed by atoms with van der Waals surface area (Å²) < 4.78 is 11.4. The number of carbonyl (C=O) groups excluding carboxylic acids is 2. The summed E-state index contributed by atoms with van der Waals surface area (Å²) in [4.78, 5) is 31.2. The predicted molar refractivity (Wildman–Crippen MR) is 126 cm³/mol. The molecule has 7 nitrogen and oxygen atoms in total. The lowest BCUT2D eigenvalue weighted by molar-refractivity contribution is -0.132. The fraction of sp³-hybridized carbons (Fsp3) is 0.370. The largest absolute Gasteiger partial charge is 0.484 e. The van der Waals surface area contributed by atoms with E-state index in [1.165, 1.54) is 11.8 Å². The lowest BCUT2D eigenvalue weighted by Gasteiger charge is -2.38. The van der Waals surface area contributed by atoms with Gasteiger partial charge in [-0.3, -0.25) is 9.59 Å². The number of nitrogens with zero attached hydrogens (tertiary/aromatic N) is 2. The van der Waals surface area contributed by atoms with E-state index in [0.29, 0.717) is 24.6 Å². The van der Waals surface area contributed by atoms with Crippen molar-refractivity contribution in [2.75, 3.05) is 6.54 Å². The Balaban J connectivity index is 1.37. The Bertz CT molecular complexity index is 1210. The first-order chi connectivity index (χ1) is 16.5. The van der Waals surface area contributed by atoms with Crippen LogP contribution in [-0.4, -0.2) is 34.3 Å². The maximum atomic E-state index is 12.8. The average Bonchev–Trinajstić information content (AvgIpc) is 3.53. The Morgan fingerprint density at radius 3 is 2.82 bits per heavy atom. The number of carbonyl (C=O) groups is 2. The van der Waals surface area contributed by atoms with Gasteiger partial charge in [0.25, 0.3) is 5.91 Å². The molecular weight excluding hydrogens is 430 g/mol. The number of amides is 2. The van der Waals surface area contributed by atoms with Crippen molar-refractivity contribution in [3.8, 4) is 5.75 Å². The van der Waals surface area contributed by atoms with Gasteiger partial charge in [0.05, 0.1) is 6.04 Å². The van der Waals surface area contributed by atoms with Gasteiger partial charge < -0.3 is 19.4 Å². The van der Waals surface area contributed by atoms with Crippen molar-refractivity contribution in [1.29, 1.82) is 0 Å². The Hall–Kier alpha value is -3.61. The van der Waals surface area contributed by atoms with Crippen LogP contribution in [-0.2, 0) is 17.8 Å². The normalized spacial score (nSPS) is 17.2. The highest BCUT2D eigenvalue weighted by molar-refractivity contribution is 5.92. The molecule has 0 spiro atoms. The van der Waals surface area contributed by atoms with E-state index in [9.17, 15) is 9.59 Å². The average molecular weight is 460 g/mol. The minimum atomic E-state index is -0.215. The van der Waals surface area contributed by atoms with Crippen LogP contribution in [0.3, 0.4) is 0 Å². The molecule has 176 valence electrons. The van der Waals surface area contributed by atoms with E-state index in [1.54, 1.807) is 0 Å². The van der Waals surface area contributed by atoms with Crippen LogP contribution in [0.25, 0.3) is 0 Å². The van der Waals surface area contributed by atoms with Gasteiger partial charge in [-0.15, -0.1) is 0 Å². The highest BCUT2D eigenvalue weighted by atomic mass is 16.5. The number of aryl methyl sites for hydroxylation is 1. The predicted octanol–water partition coefficient (Wildman–Crippen LogP) is 4.34. The number of hydrogen-bond acceptors (Lipinski definition) is 5. The topological polar surface area (TPSA) is 84.7 Å². The molecule has 2 heterocycles. The van der Waals surface area contributed by atoms with Gasteiger partial charge in [0.15, 0.2) is 12.3 Å². The lowest BCUT2D eigenvalue weighted by atomic mass is 9.87. The summed E-state index contributed by atoms with van der Waals surface area (Å²) in [7, 11) is 0. The highest BCUT2D eigenvalue weighted by Crippen LogP contribution is 2.38. The van der Waals surface area contributed by atoms with Crippen LogP contribution < -0.4 is 10.1 Å².